The zero-order valence-corrected chi connectivity index (χ0v) is 10.0. The minimum Gasteiger partial charge on any atom is -0.378 e. The Bertz CT molecular complexity index is 538. The third kappa shape index (κ3) is 2.29. The molecule has 16 heavy (non-hydrogen) atoms. The number of hydrogen-bond donors (Lipinski definition) is 1. The van der Waals surface area contributed by atoms with E-state index in [0.29, 0.717) is 16.6 Å². The highest BCUT2D eigenvalue weighted by Gasteiger charge is 2.04. The van der Waals surface area contributed by atoms with Crippen LogP contribution in [-0.4, -0.2) is 11.5 Å². The van der Waals surface area contributed by atoms with Crippen molar-refractivity contribution in [3.8, 4) is 0 Å². The molecule has 2 rings (SSSR count). The summed E-state index contributed by atoms with van der Waals surface area (Å²) in [6, 6.07) is 7.52. The minimum absolute atomic E-state index is 0.509. The number of anilines is 1. The highest BCUT2D eigenvalue weighted by atomic mass is 35.5. The lowest BCUT2D eigenvalue weighted by Crippen LogP contribution is -2.01. The smallest absolute Gasteiger partial charge is 0.0948 e. The standard InChI is InChI=1S/C12H10Cl2N2/c1-8(13)7-16-11-5-4-10(14)9-3-2-6-15-12(9)11/h2-6,16H,1,7H2. The van der Waals surface area contributed by atoms with E-state index in [1.54, 1.807) is 6.20 Å². The number of pyridine rings is 1. The zero-order valence-electron chi connectivity index (χ0n) is 8.50. The van der Waals surface area contributed by atoms with E-state index in [0.717, 1.165) is 16.6 Å². The van der Waals surface area contributed by atoms with Gasteiger partial charge in [-0.2, -0.15) is 0 Å². The molecule has 0 saturated carbocycles. The maximum atomic E-state index is 6.08. The van der Waals surface area contributed by atoms with Crippen LogP contribution in [0.5, 0.6) is 0 Å². The zero-order chi connectivity index (χ0) is 11.5. The molecule has 0 unspecified atom stereocenters. The van der Waals surface area contributed by atoms with Crippen molar-refractivity contribution in [2.75, 3.05) is 11.9 Å². The molecule has 4 heteroatoms. The molecular weight excluding hydrogens is 243 g/mol. The normalized spacial score (nSPS) is 10.4. The fourth-order valence-corrected chi connectivity index (χ4v) is 1.75. The molecule has 2 aromatic rings. The summed E-state index contributed by atoms with van der Waals surface area (Å²) in [5.41, 5.74) is 1.75. The molecule has 0 fully saturated rings. The van der Waals surface area contributed by atoms with Crippen LogP contribution in [-0.2, 0) is 0 Å². The van der Waals surface area contributed by atoms with Crippen LogP contribution in [0.3, 0.4) is 0 Å². The van der Waals surface area contributed by atoms with Crippen LogP contribution in [0.4, 0.5) is 5.69 Å². The third-order valence-electron chi connectivity index (χ3n) is 2.19. The summed E-state index contributed by atoms with van der Waals surface area (Å²) in [5.74, 6) is 0. The minimum atomic E-state index is 0.509. The molecule has 0 amide bonds. The molecule has 1 heterocycles. The molecule has 82 valence electrons. The Labute approximate surface area is 104 Å². The quantitative estimate of drug-likeness (QED) is 0.892. The van der Waals surface area contributed by atoms with Crippen molar-refractivity contribution < 1.29 is 0 Å². The molecule has 1 N–H and O–H groups in total. The molecule has 0 aliphatic rings. The summed E-state index contributed by atoms with van der Waals surface area (Å²) >= 11 is 11.8. The number of benzene rings is 1. The Balaban J connectivity index is 2.46. The highest BCUT2D eigenvalue weighted by molar-refractivity contribution is 6.35. The van der Waals surface area contributed by atoms with Gasteiger partial charge in [-0.1, -0.05) is 29.8 Å². The number of hydrogen-bond acceptors (Lipinski definition) is 2. The predicted octanol–water partition coefficient (Wildman–Crippen LogP) is 4.05. The van der Waals surface area contributed by atoms with Crippen molar-refractivity contribution in [3.63, 3.8) is 0 Å². The van der Waals surface area contributed by atoms with E-state index in [2.05, 4.69) is 16.9 Å². The molecular formula is C12H10Cl2N2. The summed E-state index contributed by atoms with van der Waals surface area (Å²) in [4.78, 5) is 4.30. The van der Waals surface area contributed by atoms with E-state index in [1.807, 2.05) is 24.3 Å². The molecule has 1 aromatic carbocycles. The summed E-state index contributed by atoms with van der Waals surface area (Å²) in [6.45, 7) is 4.13. The van der Waals surface area contributed by atoms with Crippen LogP contribution in [0.1, 0.15) is 0 Å². The van der Waals surface area contributed by atoms with Crippen molar-refractivity contribution in [1.29, 1.82) is 0 Å². The van der Waals surface area contributed by atoms with E-state index in [-0.39, 0.29) is 0 Å². The van der Waals surface area contributed by atoms with E-state index in [1.165, 1.54) is 0 Å². The molecule has 0 bridgehead atoms. The van der Waals surface area contributed by atoms with Crippen LogP contribution >= 0.6 is 23.2 Å². The average molecular weight is 253 g/mol. The number of nitrogens with zero attached hydrogens (tertiary/aromatic N) is 1. The fraction of sp³-hybridized carbons (Fsp3) is 0.0833. The van der Waals surface area contributed by atoms with Gasteiger partial charge in [0.05, 0.1) is 22.8 Å². The van der Waals surface area contributed by atoms with E-state index < -0.39 is 0 Å². The van der Waals surface area contributed by atoms with Crippen molar-refractivity contribution in [2.24, 2.45) is 0 Å². The van der Waals surface area contributed by atoms with Gasteiger partial charge in [0.25, 0.3) is 0 Å². The molecule has 0 radical (unpaired) electrons. The van der Waals surface area contributed by atoms with Gasteiger partial charge in [-0.25, -0.2) is 0 Å². The summed E-state index contributed by atoms with van der Waals surface area (Å²) in [6.07, 6.45) is 1.74. The molecule has 0 aliphatic heterocycles. The third-order valence-corrected chi connectivity index (χ3v) is 2.65. The van der Waals surface area contributed by atoms with Crippen LogP contribution in [0.25, 0.3) is 10.9 Å². The van der Waals surface area contributed by atoms with Crippen molar-refractivity contribution in [2.45, 2.75) is 0 Å². The lowest BCUT2D eigenvalue weighted by molar-refractivity contribution is 1.31. The van der Waals surface area contributed by atoms with Gasteiger partial charge in [-0.3, -0.25) is 4.98 Å². The fourth-order valence-electron chi connectivity index (χ4n) is 1.47. The first-order valence-corrected chi connectivity index (χ1v) is 5.54. The molecule has 2 nitrogen and oxygen atoms in total. The topological polar surface area (TPSA) is 24.9 Å². The maximum Gasteiger partial charge on any atom is 0.0948 e. The average Bonchev–Trinajstić information content (AvgIpc) is 2.28. The molecule has 1 aromatic heterocycles. The monoisotopic (exact) mass is 252 g/mol. The number of fused-ring (bicyclic) bond motifs is 1. The largest absolute Gasteiger partial charge is 0.378 e. The van der Waals surface area contributed by atoms with Gasteiger partial charge in [-0.15, -0.1) is 0 Å². The molecule has 0 saturated heterocycles. The van der Waals surface area contributed by atoms with Crippen LogP contribution in [0.2, 0.25) is 5.02 Å². The van der Waals surface area contributed by atoms with Crippen molar-refractivity contribution >= 4 is 39.8 Å². The molecule has 0 aliphatic carbocycles. The first-order chi connectivity index (χ1) is 7.68. The second-order valence-electron chi connectivity index (χ2n) is 3.37. The van der Waals surface area contributed by atoms with Crippen LogP contribution in [0, 0.1) is 0 Å². The van der Waals surface area contributed by atoms with Crippen LogP contribution in [0.15, 0.2) is 42.1 Å². The van der Waals surface area contributed by atoms with Gasteiger partial charge < -0.3 is 5.32 Å². The SMILES string of the molecule is C=C(Cl)CNc1ccc(Cl)c2cccnc12. The first kappa shape index (κ1) is 11.2. The number of rotatable bonds is 3. The Hall–Kier alpha value is -1.25. The Morgan fingerprint density at radius 2 is 2.19 bits per heavy atom. The van der Waals surface area contributed by atoms with Crippen LogP contribution < -0.4 is 5.32 Å². The lowest BCUT2D eigenvalue weighted by Gasteiger charge is -2.08. The number of nitrogens with one attached hydrogen (secondary N) is 1. The maximum absolute atomic E-state index is 6.08. The predicted molar refractivity (Wildman–Crippen MR) is 70.2 cm³/mol. The lowest BCUT2D eigenvalue weighted by atomic mass is 10.2. The van der Waals surface area contributed by atoms with Gasteiger partial charge >= 0.3 is 0 Å². The van der Waals surface area contributed by atoms with Gasteiger partial charge in [0.1, 0.15) is 0 Å². The van der Waals surface area contributed by atoms with E-state index in [9.17, 15) is 0 Å². The summed E-state index contributed by atoms with van der Waals surface area (Å²) in [5, 5.41) is 5.33. The summed E-state index contributed by atoms with van der Waals surface area (Å²) < 4.78 is 0. The van der Waals surface area contributed by atoms with E-state index >= 15 is 0 Å². The van der Waals surface area contributed by atoms with E-state index in [4.69, 9.17) is 23.2 Å². The van der Waals surface area contributed by atoms with Crippen molar-refractivity contribution in [1.82, 2.24) is 4.98 Å². The van der Waals surface area contributed by atoms with Crippen molar-refractivity contribution in [3.05, 3.63) is 47.1 Å². The van der Waals surface area contributed by atoms with Gasteiger partial charge in [0, 0.05) is 16.6 Å². The highest BCUT2D eigenvalue weighted by Crippen LogP contribution is 2.27. The van der Waals surface area contributed by atoms with Gasteiger partial charge in [0.15, 0.2) is 0 Å². The Morgan fingerprint density at radius 1 is 1.38 bits per heavy atom. The van der Waals surface area contributed by atoms with Gasteiger partial charge in [-0.05, 0) is 24.3 Å². The number of halogens is 2. The molecule has 0 spiro atoms. The van der Waals surface area contributed by atoms with Gasteiger partial charge in [0.2, 0.25) is 0 Å². The second-order valence-corrected chi connectivity index (χ2v) is 4.31. The molecule has 0 atom stereocenters. The number of aromatic nitrogens is 1. The second kappa shape index (κ2) is 4.73. The Morgan fingerprint density at radius 3 is 2.94 bits per heavy atom. The summed E-state index contributed by atoms with van der Waals surface area (Å²) in [7, 11) is 0. The Kier molecular flexibility index (Phi) is 3.32. The first-order valence-electron chi connectivity index (χ1n) is 4.79.